The second-order valence-electron chi connectivity index (χ2n) is 9.61. The van der Waals surface area contributed by atoms with Crippen molar-refractivity contribution in [1.29, 1.82) is 0 Å². The Kier molecular flexibility index (Phi) is 5.17. The highest BCUT2D eigenvalue weighted by Gasteiger charge is 2.58. The van der Waals surface area contributed by atoms with E-state index in [-0.39, 0.29) is 15.9 Å². The molecule has 0 spiro atoms. The van der Waals surface area contributed by atoms with E-state index in [9.17, 15) is 4.79 Å². The van der Waals surface area contributed by atoms with Crippen molar-refractivity contribution in [2.24, 2.45) is 50.3 Å². The maximum atomic E-state index is 11.0. The molecule has 0 heterocycles. The van der Waals surface area contributed by atoms with Crippen molar-refractivity contribution in [3.63, 3.8) is 0 Å². The number of nitrogens with one attached hydrogen (secondary N) is 2. The predicted octanol–water partition coefficient (Wildman–Crippen LogP) is 3.16. The summed E-state index contributed by atoms with van der Waals surface area (Å²) in [6.07, 6.45) is 11.2. The summed E-state index contributed by atoms with van der Waals surface area (Å²) in [6.45, 7) is 4.85. The molecule has 3 fully saturated rings. The van der Waals surface area contributed by atoms with Crippen molar-refractivity contribution in [3.05, 3.63) is 11.6 Å². The summed E-state index contributed by atoms with van der Waals surface area (Å²) < 4.78 is 0. The number of primary amides is 1. The minimum Gasteiger partial charge on any atom is -0.375 e. The van der Waals surface area contributed by atoms with Gasteiger partial charge in [-0.2, -0.15) is 10.2 Å². The number of thiocarbonyl (C=S) groups is 1. The maximum absolute atomic E-state index is 11.0. The molecule has 8 heteroatoms. The van der Waals surface area contributed by atoms with E-state index in [1.807, 2.05) is 0 Å². The highest BCUT2D eigenvalue weighted by atomic mass is 32.1. The molecule has 0 aliphatic heterocycles. The Morgan fingerprint density at radius 2 is 1.79 bits per heavy atom. The van der Waals surface area contributed by atoms with Gasteiger partial charge in [0.05, 0.1) is 5.71 Å². The molecule has 2 amide bonds. The van der Waals surface area contributed by atoms with Gasteiger partial charge in [-0.3, -0.25) is 5.43 Å². The number of allylic oxidation sites excluding steroid dienone is 2. The zero-order valence-corrected chi connectivity index (χ0v) is 18.1. The number of fused-ring (bicyclic) bond motifs is 5. The van der Waals surface area contributed by atoms with Crippen LogP contribution in [0.3, 0.4) is 0 Å². The van der Waals surface area contributed by atoms with Crippen LogP contribution in [-0.4, -0.2) is 22.6 Å². The first-order valence-corrected chi connectivity index (χ1v) is 11.1. The molecule has 6 N–H and O–H groups in total. The lowest BCUT2D eigenvalue weighted by Gasteiger charge is -2.57. The lowest BCUT2D eigenvalue weighted by atomic mass is 9.47. The molecule has 0 aromatic rings. The molecule has 4 rings (SSSR count). The van der Waals surface area contributed by atoms with Gasteiger partial charge in [0.2, 0.25) is 0 Å². The molecule has 3 saturated carbocycles. The summed E-state index contributed by atoms with van der Waals surface area (Å²) in [5, 5.41) is 9.02. The van der Waals surface area contributed by atoms with Crippen molar-refractivity contribution in [2.45, 2.75) is 65.2 Å². The van der Waals surface area contributed by atoms with Crippen LogP contribution in [0.1, 0.15) is 65.2 Å². The van der Waals surface area contributed by atoms with Crippen LogP contribution in [0.25, 0.3) is 0 Å². The van der Waals surface area contributed by atoms with Gasteiger partial charge in [-0.05, 0) is 92.8 Å². The molecule has 158 valence electrons. The van der Waals surface area contributed by atoms with Crippen molar-refractivity contribution in [2.75, 3.05) is 0 Å². The van der Waals surface area contributed by atoms with Gasteiger partial charge in [0, 0.05) is 11.1 Å². The van der Waals surface area contributed by atoms with E-state index in [0.29, 0.717) is 11.8 Å². The molecule has 0 radical (unpaired) electrons. The quantitative estimate of drug-likeness (QED) is 0.408. The third kappa shape index (κ3) is 3.45. The summed E-state index contributed by atoms with van der Waals surface area (Å²) in [5.74, 6) is 2.11. The van der Waals surface area contributed by atoms with Gasteiger partial charge in [-0.1, -0.05) is 19.4 Å². The average Bonchev–Trinajstić information content (AvgIpc) is 3.01. The fourth-order valence-electron chi connectivity index (χ4n) is 6.88. The monoisotopic (exact) mass is 416 g/mol. The topological polar surface area (TPSA) is 118 Å². The second-order valence-corrected chi connectivity index (χ2v) is 10.1. The number of rotatable bonds is 2. The summed E-state index contributed by atoms with van der Waals surface area (Å²) in [6, 6.07) is -0.608. The normalized spacial score (nSPS) is 41.2. The molecule has 0 aromatic heterocycles. The minimum absolute atomic E-state index is 0.156. The smallest absolute Gasteiger partial charge is 0.332 e. The molecule has 0 aromatic carbocycles. The van der Waals surface area contributed by atoms with Crippen molar-refractivity contribution in [1.82, 2.24) is 10.9 Å². The van der Waals surface area contributed by atoms with Crippen LogP contribution in [0.15, 0.2) is 21.9 Å². The standard InChI is InChI=1S/C21H32N6OS/c1-20-9-7-13(24-26-18(22)28)11-12(20)3-4-14-15-5-6-17(25-27-19(23)29)21(15,2)10-8-16(14)20/h11,14-16H,3-10H2,1-2H3,(H3,22,26,28)(H3,23,27,29)/b24-13+,25-17+/t14-,15-,16-,20-,21-/m0/s1. The van der Waals surface area contributed by atoms with Gasteiger partial charge in [0.15, 0.2) is 5.11 Å². The van der Waals surface area contributed by atoms with E-state index in [2.05, 4.69) is 41.0 Å². The van der Waals surface area contributed by atoms with Crippen LogP contribution in [0.4, 0.5) is 4.79 Å². The molecular weight excluding hydrogens is 384 g/mol. The Morgan fingerprint density at radius 3 is 2.52 bits per heavy atom. The second kappa shape index (κ2) is 7.38. The Balaban J connectivity index is 1.57. The number of hydrogen-bond acceptors (Lipinski definition) is 4. The van der Waals surface area contributed by atoms with E-state index in [1.165, 1.54) is 37.0 Å². The van der Waals surface area contributed by atoms with Gasteiger partial charge in [-0.15, -0.1) is 0 Å². The molecule has 0 unspecified atom stereocenters. The molecule has 5 atom stereocenters. The van der Waals surface area contributed by atoms with E-state index >= 15 is 0 Å². The van der Waals surface area contributed by atoms with Gasteiger partial charge >= 0.3 is 6.03 Å². The van der Waals surface area contributed by atoms with E-state index < -0.39 is 6.03 Å². The number of hydrazone groups is 2. The Hall–Kier alpha value is -1.96. The fourth-order valence-corrected chi connectivity index (χ4v) is 6.93. The Bertz CT molecular complexity index is 820. The summed E-state index contributed by atoms with van der Waals surface area (Å²) >= 11 is 4.94. The fraction of sp³-hybridized carbons (Fsp3) is 0.714. The van der Waals surface area contributed by atoms with Crippen LogP contribution in [0, 0.1) is 28.6 Å². The zero-order valence-electron chi connectivity index (χ0n) is 17.3. The third-order valence-electron chi connectivity index (χ3n) is 8.33. The number of amides is 2. The van der Waals surface area contributed by atoms with Crippen LogP contribution in [0.5, 0.6) is 0 Å². The van der Waals surface area contributed by atoms with Crippen LogP contribution >= 0.6 is 12.2 Å². The van der Waals surface area contributed by atoms with E-state index in [1.54, 1.807) is 0 Å². The van der Waals surface area contributed by atoms with E-state index in [0.717, 1.165) is 37.3 Å². The molecule has 4 aliphatic rings. The van der Waals surface area contributed by atoms with Gasteiger partial charge < -0.3 is 11.5 Å². The average molecular weight is 417 g/mol. The lowest BCUT2D eigenvalue weighted by Crippen LogP contribution is -2.50. The highest BCUT2D eigenvalue weighted by Crippen LogP contribution is 2.64. The van der Waals surface area contributed by atoms with Crippen LogP contribution < -0.4 is 22.3 Å². The third-order valence-corrected chi connectivity index (χ3v) is 8.42. The zero-order chi connectivity index (χ0) is 20.8. The highest BCUT2D eigenvalue weighted by molar-refractivity contribution is 7.80. The van der Waals surface area contributed by atoms with Crippen LogP contribution in [-0.2, 0) is 0 Å². The minimum atomic E-state index is -0.608. The SMILES string of the molecule is C[C@]12CC/C(=N\NC(N)=O)C=C1CC[C@@H]1[C@@H]2CC[C@]2(C)/C(=N/NC(N)=S)CC[C@@H]12. The van der Waals surface area contributed by atoms with Crippen molar-refractivity contribution >= 4 is 34.8 Å². The molecular formula is C21H32N6OS. The number of urea groups is 1. The summed E-state index contributed by atoms with van der Waals surface area (Å²) in [7, 11) is 0. The maximum Gasteiger partial charge on any atom is 0.332 e. The number of carbonyl (C=O) groups is 1. The molecule has 7 nitrogen and oxygen atoms in total. The predicted molar refractivity (Wildman–Crippen MR) is 119 cm³/mol. The van der Waals surface area contributed by atoms with Gasteiger partial charge in [0.25, 0.3) is 0 Å². The number of carbonyl (C=O) groups excluding carboxylic acids is 1. The van der Waals surface area contributed by atoms with Gasteiger partial charge in [0.1, 0.15) is 0 Å². The first-order chi connectivity index (χ1) is 13.7. The van der Waals surface area contributed by atoms with Crippen molar-refractivity contribution in [3.8, 4) is 0 Å². The number of nitrogens with two attached hydrogens (primary N) is 2. The molecule has 4 aliphatic carbocycles. The largest absolute Gasteiger partial charge is 0.375 e. The molecule has 0 bridgehead atoms. The summed E-state index contributed by atoms with van der Waals surface area (Å²) in [5.41, 5.74) is 20.0. The summed E-state index contributed by atoms with van der Waals surface area (Å²) in [4.78, 5) is 11.0. The van der Waals surface area contributed by atoms with Gasteiger partial charge in [-0.25, -0.2) is 10.2 Å². The first-order valence-electron chi connectivity index (χ1n) is 10.7. The Morgan fingerprint density at radius 1 is 1.03 bits per heavy atom. The lowest BCUT2D eigenvalue weighted by molar-refractivity contribution is -0.0155. The molecule has 0 saturated heterocycles. The Labute approximate surface area is 177 Å². The number of nitrogens with zero attached hydrogens (tertiary/aromatic N) is 2. The van der Waals surface area contributed by atoms with E-state index in [4.69, 9.17) is 23.7 Å². The first kappa shape index (κ1) is 20.3. The molecule has 29 heavy (non-hydrogen) atoms. The van der Waals surface area contributed by atoms with Crippen molar-refractivity contribution < 1.29 is 4.79 Å². The van der Waals surface area contributed by atoms with Crippen LogP contribution in [0.2, 0.25) is 0 Å². The number of hydrogen-bond donors (Lipinski definition) is 4.